The molecule has 0 spiro atoms. The van der Waals surface area contributed by atoms with Crippen LogP contribution < -0.4 is 5.32 Å². The maximum Gasteiger partial charge on any atom is 0.257 e. The first-order valence-electron chi connectivity index (χ1n) is 7.79. The molecule has 118 valence electrons. The van der Waals surface area contributed by atoms with Gasteiger partial charge in [0.05, 0.1) is 11.7 Å². The van der Waals surface area contributed by atoms with Crippen LogP contribution in [0, 0.1) is 6.92 Å². The van der Waals surface area contributed by atoms with Crippen LogP contribution in [0.15, 0.2) is 28.8 Å². The molecule has 1 amide bonds. The van der Waals surface area contributed by atoms with Crippen molar-refractivity contribution in [3.8, 4) is 0 Å². The molecule has 4 heteroatoms. The highest BCUT2D eigenvalue weighted by molar-refractivity contribution is 5.96. The number of hydrogen-bond donors (Lipinski definition) is 1. The smallest absolute Gasteiger partial charge is 0.257 e. The summed E-state index contributed by atoms with van der Waals surface area (Å²) in [5, 5.41) is 6.95. The highest BCUT2D eigenvalue weighted by Gasteiger charge is 2.20. The van der Waals surface area contributed by atoms with Crippen LogP contribution in [0.5, 0.6) is 0 Å². The Kier molecular flexibility index (Phi) is 5.01. The number of aryl methyl sites for hydroxylation is 2. The van der Waals surface area contributed by atoms with Gasteiger partial charge in [-0.1, -0.05) is 50.2 Å². The van der Waals surface area contributed by atoms with E-state index in [1.807, 2.05) is 13.8 Å². The minimum atomic E-state index is -0.129. The van der Waals surface area contributed by atoms with E-state index in [4.69, 9.17) is 4.52 Å². The van der Waals surface area contributed by atoms with Gasteiger partial charge in [-0.2, -0.15) is 0 Å². The highest BCUT2D eigenvalue weighted by Crippen LogP contribution is 2.20. The van der Waals surface area contributed by atoms with Gasteiger partial charge in [0.2, 0.25) is 0 Å². The van der Waals surface area contributed by atoms with Gasteiger partial charge >= 0.3 is 0 Å². The molecule has 2 rings (SSSR count). The molecule has 0 aliphatic heterocycles. The van der Waals surface area contributed by atoms with Crippen molar-refractivity contribution in [3.63, 3.8) is 0 Å². The minimum Gasteiger partial charge on any atom is -0.361 e. The van der Waals surface area contributed by atoms with Crippen molar-refractivity contribution in [1.82, 2.24) is 10.5 Å². The van der Waals surface area contributed by atoms with E-state index >= 15 is 0 Å². The first-order chi connectivity index (χ1) is 10.4. The molecule has 1 N–H and O–H groups in total. The zero-order valence-corrected chi connectivity index (χ0v) is 13.9. The minimum absolute atomic E-state index is 0.0623. The average molecular weight is 300 g/mol. The van der Waals surface area contributed by atoms with Gasteiger partial charge in [0.1, 0.15) is 11.3 Å². The monoisotopic (exact) mass is 300 g/mol. The van der Waals surface area contributed by atoms with E-state index in [0.29, 0.717) is 29.4 Å². The highest BCUT2D eigenvalue weighted by atomic mass is 16.5. The van der Waals surface area contributed by atoms with Gasteiger partial charge in [0, 0.05) is 0 Å². The Hall–Kier alpha value is -2.10. The third-order valence-corrected chi connectivity index (χ3v) is 3.95. The molecule has 0 bridgehead atoms. The van der Waals surface area contributed by atoms with E-state index in [-0.39, 0.29) is 11.9 Å². The summed E-state index contributed by atoms with van der Waals surface area (Å²) in [6.07, 6.45) is 0.678. The average Bonchev–Trinajstić information content (AvgIpc) is 2.88. The van der Waals surface area contributed by atoms with Crippen LogP contribution in [0.3, 0.4) is 0 Å². The van der Waals surface area contributed by atoms with Crippen molar-refractivity contribution >= 4 is 5.91 Å². The Morgan fingerprint density at radius 2 is 1.77 bits per heavy atom. The quantitative estimate of drug-likeness (QED) is 0.902. The molecule has 1 aromatic heterocycles. The van der Waals surface area contributed by atoms with E-state index in [9.17, 15) is 4.79 Å². The number of nitrogens with zero attached hydrogens (tertiary/aromatic N) is 1. The van der Waals surface area contributed by atoms with E-state index in [1.54, 1.807) is 6.92 Å². The molecule has 0 saturated carbocycles. The number of amides is 1. The molecular weight excluding hydrogens is 276 g/mol. The van der Waals surface area contributed by atoms with Crippen LogP contribution >= 0.6 is 0 Å². The zero-order valence-electron chi connectivity index (χ0n) is 13.9. The van der Waals surface area contributed by atoms with E-state index in [0.717, 1.165) is 5.56 Å². The van der Waals surface area contributed by atoms with Crippen molar-refractivity contribution in [1.29, 1.82) is 0 Å². The van der Waals surface area contributed by atoms with Crippen molar-refractivity contribution in [2.45, 2.75) is 53.0 Å². The molecule has 0 radical (unpaired) electrons. The van der Waals surface area contributed by atoms with Crippen LogP contribution in [-0.2, 0) is 6.42 Å². The zero-order chi connectivity index (χ0) is 16.3. The summed E-state index contributed by atoms with van der Waals surface area (Å²) in [5.74, 6) is 0.943. The number of carbonyl (C=O) groups is 1. The largest absolute Gasteiger partial charge is 0.361 e. The SMILES string of the molecule is CCc1noc(C)c1C(=O)N[C@H](C)c1ccc(C(C)C)cc1. The lowest BCUT2D eigenvalue weighted by atomic mass is 9.99. The number of nitrogens with one attached hydrogen (secondary N) is 1. The fourth-order valence-corrected chi connectivity index (χ4v) is 2.47. The van der Waals surface area contributed by atoms with Crippen molar-refractivity contribution < 1.29 is 9.32 Å². The number of hydrogen-bond acceptors (Lipinski definition) is 3. The lowest BCUT2D eigenvalue weighted by Gasteiger charge is -2.15. The van der Waals surface area contributed by atoms with Gasteiger partial charge < -0.3 is 9.84 Å². The summed E-state index contributed by atoms with van der Waals surface area (Å²) in [6, 6.07) is 8.31. The van der Waals surface area contributed by atoms with Gasteiger partial charge in [-0.15, -0.1) is 0 Å². The van der Waals surface area contributed by atoms with Crippen LogP contribution in [0.2, 0.25) is 0 Å². The number of rotatable bonds is 5. The summed E-state index contributed by atoms with van der Waals surface area (Å²) in [7, 11) is 0. The van der Waals surface area contributed by atoms with Crippen LogP contribution in [-0.4, -0.2) is 11.1 Å². The lowest BCUT2D eigenvalue weighted by Crippen LogP contribution is -2.27. The molecule has 22 heavy (non-hydrogen) atoms. The summed E-state index contributed by atoms with van der Waals surface area (Å²) in [5.41, 5.74) is 3.65. The molecule has 1 heterocycles. The maximum absolute atomic E-state index is 12.5. The molecule has 1 atom stereocenters. The summed E-state index contributed by atoms with van der Waals surface area (Å²) in [4.78, 5) is 12.5. The molecule has 0 saturated heterocycles. The Morgan fingerprint density at radius 3 is 2.32 bits per heavy atom. The van der Waals surface area contributed by atoms with Gasteiger partial charge in [-0.05, 0) is 37.3 Å². The van der Waals surface area contributed by atoms with E-state index in [2.05, 4.69) is 48.6 Å². The fraction of sp³-hybridized carbons (Fsp3) is 0.444. The summed E-state index contributed by atoms with van der Waals surface area (Å²) >= 11 is 0. The van der Waals surface area contributed by atoms with E-state index in [1.165, 1.54) is 5.56 Å². The normalized spacial score (nSPS) is 12.5. The maximum atomic E-state index is 12.5. The third-order valence-electron chi connectivity index (χ3n) is 3.95. The van der Waals surface area contributed by atoms with Crippen LogP contribution in [0.4, 0.5) is 0 Å². The number of aromatic nitrogens is 1. The first kappa shape index (κ1) is 16.3. The molecule has 0 fully saturated rings. The molecular formula is C18H24N2O2. The topological polar surface area (TPSA) is 55.1 Å². The summed E-state index contributed by atoms with van der Waals surface area (Å²) in [6.45, 7) is 10.0. The van der Waals surface area contributed by atoms with Gasteiger partial charge in [-0.25, -0.2) is 0 Å². The van der Waals surface area contributed by atoms with Crippen molar-refractivity contribution in [2.75, 3.05) is 0 Å². The lowest BCUT2D eigenvalue weighted by molar-refractivity contribution is 0.0937. The van der Waals surface area contributed by atoms with Crippen molar-refractivity contribution in [3.05, 3.63) is 52.4 Å². The molecule has 2 aromatic rings. The molecule has 1 aromatic carbocycles. The van der Waals surface area contributed by atoms with Gasteiger partial charge in [-0.3, -0.25) is 4.79 Å². The Morgan fingerprint density at radius 1 is 1.18 bits per heavy atom. The Balaban J connectivity index is 2.12. The third kappa shape index (κ3) is 3.38. The number of benzene rings is 1. The molecule has 4 nitrogen and oxygen atoms in total. The van der Waals surface area contributed by atoms with Crippen LogP contribution in [0.25, 0.3) is 0 Å². The Labute approximate surface area is 131 Å². The summed E-state index contributed by atoms with van der Waals surface area (Å²) < 4.78 is 5.13. The number of carbonyl (C=O) groups excluding carboxylic acids is 1. The molecule has 0 aliphatic rings. The second-order valence-corrected chi connectivity index (χ2v) is 5.93. The van der Waals surface area contributed by atoms with Gasteiger partial charge in [0.25, 0.3) is 5.91 Å². The fourth-order valence-electron chi connectivity index (χ4n) is 2.47. The predicted octanol–water partition coefficient (Wildman–Crippen LogP) is 4.16. The molecule has 0 aliphatic carbocycles. The van der Waals surface area contributed by atoms with Gasteiger partial charge in [0.15, 0.2) is 0 Å². The van der Waals surface area contributed by atoms with Crippen molar-refractivity contribution in [2.24, 2.45) is 0 Å². The first-order valence-corrected chi connectivity index (χ1v) is 7.79. The van der Waals surface area contributed by atoms with E-state index < -0.39 is 0 Å². The molecule has 0 unspecified atom stereocenters. The standard InChI is InChI=1S/C18H24N2O2/c1-6-16-17(13(5)22-20-16)18(21)19-12(4)15-9-7-14(8-10-15)11(2)3/h7-12H,6H2,1-5H3,(H,19,21)/t12-/m1/s1. The Bertz CT molecular complexity index is 642. The second kappa shape index (κ2) is 6.77. The second-order valence-electron chi connectivity index (χ2n) is 5.93. The predicted molar refractivity (Wildman–Crippen MR) is 87.0 cm³/mol. The van der Waals surface area contributed by atoms with Crippen LogP contribution in [0.1, 0.15) is 72.6 Å².